The van der Waals surface area contributed by atoms with Crippen molar-refractivity contribution in [3.05, 3.63) is 23.9 Å². The maximum Gasteiger partial charge on any atom is 0.212 e. The van der Waals surface area contributed by atoms with Crippen LogP contribution in [0.2, 0.25) is 0 Å². The first-order valence-electron chi connectivity index (χ1n) is 5.38. The Labute approximate surface area is 96.5 Å². The maximum atomic E-state index is 9.06. The number of aromatic nitrogens is 1. The van der Waals surface area contributed by atoms with Crippen molar-refractivity contribution in [3.63, 3.8) is 0 Å². The number of aliphatic hydroxyl groups is 1. The Morgan fingerprint density at radius 3 is 2.56 bits per heavy atom. The number of methoxy groups -OCH3 is 1. The van der Waals surface area contributed by atoms with Crippen LogP contribution in [-0.2, 0) is 0 Å². The zero-order valence-electron chi connectivity index (χ0n) is 10.1. The number of nitrogens with two attached hydrogens (primary N) is 1. The predicted molar refractivity (Wildman–Crippen MR) is 63.5 cm³/mol. The minimum absolute atomic E-state index is 0.0934. The van der Waals surface area contributed by atoms with Gasteiger partial charge in [0, 0.05) is 30.3 Å². The fourth-order valence-electron chi connectivity index (χ4n) is 1.82. The number of nitrogens with zero attached hydrogens (tertiary/aromatic N) is 1. The Kier molecular flexibility index (Phi) is 4.26. The molecule has 1 heterocycles. The minimum atomic E-state index is -0.376. The molecule has 90 valence electrons. The fraction of sp³-hybridized carbons (Fsp3) is 0.583. The number of rotatable bonds is 5. The Hall–Kier alpha value is -1.13. The second-order valence-electron chi connectivity index (χ2n) is 4.52. The lowest BCUT2D eigenvalue weighted by Crippen LogP contribution is -2.39. The summed E-state index contributed by atoms with van der Waals surface area (Å²) in [6.07, 6.45) is 2.39. The largest absolute Gasteiger partial charge is 0.481 e. The van der Waals surface area contributed by atoms with E-state index < -0.39 is 0 Å². The molecular weight excluding hydrogens is 204 g/mol. The number of aliphatic hydroxyl groups excluding tert-OH is 1. The predicted octanol–water partition coefficient (Wildman–Crippen LogP) is 1.29. The highest BCUT2D eigenvalue weighted by Crippen LogP contribution is 2.29. The van der Waals surface area contributed by atoms with E-state index in [4.69, 9.17) is 15.6 Å². The molecule has 0 aliphatic carbocycles. The van der Waals surface area contributed by atoms with Crippen LogP contribution in [0.3, 0.4) is 0 Å². The van der Waals surface area contributed by atoms with Gasteiger partial charge in [0.15, 0.2) is 0 Å². The van der Waals surface area contributed by atoms with Gasteiger partial charge in [-0.15, -0.1) is 0 Å². The van der Waals surface area contributed by atoms with Crippen molar-refractivity contribution in [3.8, 4) is 5.88 Å². The van der Waals surface area contributed by atoms with E-state index in [0.29, 0.717) is 12.3 Å². The fourth-order valence-corrected chi connectivity index (χ4v) is 1.82. The molecule has 0 fully saturated rings. The second-order valence-corrected chi connectivity index (χ2v) is 4.52. The maximum absolute atomic E-state index is 9.06. The Morgan fingerprint density at radius 1 is 1.50 bits per heavy atom. The van der Waals surface area contributed by atoms with Crippen LogP contribution < -0.4 is 10.5 Å². The summed E-state index contributed by atoms with van der Waals surface area (Å²) in [7, 11) is 1.58. The lowest BCUT2D eigenvalue weighted by molar-refractivity contribution is 0.250. The van der Waals surface area contributed by atoms with Crippen LogP contribution >= 0.6 is 0 Å². The van der Waals surface area contributed by atoms with Crippen LogP contribution in [0.4, 0.5) is 0 Å². The molecule has 16 heavy (non-hydrogen) atoms. The van der Waals surface area contributed by atoms with Gasteiger partial charge in [0.2, 0.25) is 5.88 Å². The van der Waals surface area contributed by atoms with Crippen LogP contribution in [0.5, 0.6) is 5.88 Å². The first kappa shape index (κ1) is 12.9. The summed E-state index contributed by atoms with van der Waals surface area (Å²) in [5, 5.41) is 9.06. The Balaban J connectivity index is 2.93. The number of hydrogen-bond donors (Lipinski definition) is 2. The molecule has 0 aliphatic rings. The van der Waals surface area contributed by atoms with Crippen LogP contribution in [0.1, 0.15) is 31.7 Å². The molecule has 1 aromatic rings. The van der Waals surface area contributed by atoms with Crippen molar-refractivity contribution >= 4 is 0 Å². The third-order valence-electron chi connectivity index (χ3n) is 2.69. The Morgan fingerprint density at radius 2 is 2.19 bits per heavy atom. The second kappa shape index (κ2) is 5.27. The zero-order chi connectivity index (χ0) is 12.2. The lowest BCUT2D eigenvalue weighted by Gasteiger charge is -2.30. The average molecular weight is 224 g/mol. The highest BCUT2D eigenvalue weighted by molar-refractivity contribution is 5.24. The topological polar surface area (TPSA) is 68.4 Å². The van der Waals surface area contributed by atoms with Crippen molar-refractivity contribution in [1.82, 2.24) is 4.98 Å². The van der Waals surface area contributed by atoms with Gasteiger partial charge in [0.25, 0.3) is 0 Å². The van der Waals surface area contributed by atoms with Crippen LogP contribution in [0.15, 0.2) is 18.3 Å². The molecule has 3 N–H and O–H groups in total. The highest BCUT2D eigenvalue weighted by atomic mass is 16.5. The van der Waals surface area contributed by atoms with E-state index in [9.17, 15) is 0 Å². The van der Waals surface area contributed by atoms with Crippen molar-refractivity contribution in [2.45, 2.75) is 31.7 Å². The van der Waals surface area contributed by atoms with Gasteiger partial charge in [0.05, 0.1) is 7.11 Å². The summed E-state index contributed by atoms with van der Waals surface area (Å²) in [6, 6.07) is 3.76. The molecular formula is C12H20N2O2. The quantitative estimate of drug-likeness (QED) is 0.791. The minimum Gasteiger partial charge on any atom is -0.481 e. The molecule has 0 saturated heterocycles. The van der Waals surface area contributed by atoms with E-state index in [1.807, 2.05) is 26.0 Å². The summed E-state index contributed by atoms with van der Waals surface area (Å²) in [4.78, 5) is 4.15. The van der Waals surface area contributed by atoms with Crippen molar-refractivity contribution < 1.29 is 9.84 Å². The van der Waals surface area contributed by atoms with Crippen molar-refractivity contribution in [2.24, 2.45) is 5.73 Å². The van der Waals surface area contributed by atoms with Gasteiger partial charge >= 0.3 is 0 Å². The van der Waals surface area contributed by atoms with Gasteiger partial charge in [-0.1, -0.05) is 6.07 Å². The summed E-state index contributed by atoms with van der Waals surface area (Å²) in [6.45, 7) is 4.03. The van der Waals surface area contributed by atoms with Gasteiger partial charge in [0.1, 0.15) is 0 Å². The lowest BCUT2D eigenvalue weighted by atomic mass is 9.81. The van der Waals surface area contributed by atoms with E-state index in [-0.39, 0.29) is 18.1 Å². The number of ether oxygens (including phenoxy) is 1. The van der Waals surface area contributed by atoms with Crippen molar-refractivity contribution in [2.75, 3.05) is 13.7 Å². The molecule has 0 aromatic carbocycles. The molecule has 1 aromatic heterocycles. The molecule has 0 amide bonds. The molecule has 1 unspecified atom stereocenters. The summed E-state index contributed by atoms with van der Waals surface area (Å²) in [5.74, 6) is 0.678. The third-order valence-corrected chi connectivity index (χ3v) is 2.69. The molecule has 0 spiro atoms. The number of hydrogen-bond acceptors (Lipinski definition) is 4. The van der Waals surface area contributed by atoms with Gasteiger partial charge < -0.3 is 15.6 Å². The molecule has 1 rings (SSSR count). The van der Waals surface area contributed by atoms with E-state index >= 15 is 0 Å². The smallest absolute Gasteiger partial charge is 0.212 e. The van der Waals surface area contributed by atoms with Gasteiger partial charge in [-0.2, -0.15) is 0 Å². The van der Waals surface area contributed by atoms with Gasteiger partial charge in [-0.25, -0.2) is 4.98 Å². The molecule has 0 bridgehead atoms. The van der Waals surface area contributed by atoms with Crippen LogP contribution in [-0.4, -0.2) is 29.3 Å². The normalized spacial score (nSPS) is 13.6. The monoisotopic (exact) mass is 224 g/mol. The van der Waals surface area contributed by atoms with Crippen LogP contribution in [0.25, 0.3) is 0 Å². The van der Waals surface area contributed by atoms with Crippen molar-refractivity contribution in [1.29, 1.82) is 0 Å². The zero-order valence-corrected chi connectivity index (χ0v) is 10.1. The van der Waals surface area contributed by atoms with E-state index in [0.717, 1.165) is 5.56 Å². The molecule has 0 radical (unpaired) electrons. The molecule has 4 heteroatoms. The average Bonchev–Trinajstić information content (AvgIpc) is 2.25. The summed E-state index contributed by atoms with van der Waals surface area (Å²) in [5.41, 5.74) is 6.75. The molecule has 0 aliphatic heterocycles. The molecule has 1 atom stereocenters. The molecule has 0 saturated carbocycles. The van der Waals surface area contributed by atoms with E-state index in [1.54, 1.807) is 13.3 Å². The summed E-state index contributed by atoms with van der Waals surface area (Å²) < 4.78 is 5.00. The Bertz CT molecular complexity index is 317. The highest BCUT2D eigenvalue weighted by Gasteiger charge is 2.26. The van der Waals surface area contributed by atoms with Gasteiger partial charge in [-0.05, 0) is 25.8 Å². The van der Waals surface area contributed by atoms with Gasteiger partial charge in [-0.3, -0.25) is 0 Å². The number of pyridine rings is 1. The molecule has 4 nitrogen and oxygen atoms in total. The first-order chi connectivity index (χ1) is 7.49. The summed E-state index contributed by atoms with van der Waals surface area (Å²) >= 11 is 0. The van der Waals surface area contributed by atoms with Crippen LogP contribution in [0, 0.1) is 0 Å². The van der Waals surface area contributed by atoms with E-state index in [2.05, 4.69) is 4.98 Å². The van der Waals surface area contributed by atoms with E-state index in [1.165, 1.54) is 0 Å². The SMILES string of the molecule is COc1ccc(C(CCO)C(C)(C)N)cn1. The standard InChI is InChI=1S/C12H20N2O2/c1-12(2,13)10(6-7-15)9-4-5-11(16-3)14-8-9/h4-5,8,10,15H,6-7,13H2,1-3H3. The third kappa shape index (κ3) is 3.18. The first-order valence-corrected chi connectivity index (χ1v) is 5.38.